The van der Waals surface area contributed by atoms with Crippen LogP contribution in [0.4, 0.5) is 0 Å². The van der Waals surface area contributed by atoms with Gasteiger partial charge in [-0.1, -0.05) is 29.8 Å². The van der Waals surface area contributed by atoms with Gasteiger partial charge in [-0.15, -0.1) is 0 Å². The first-order valence-corrected chi connectivity index (χ1v) is 7.08. The SMILES string of the molecule is Cc1cccc(CNC(=O)C(C)Oc2ccc(C#N)cc2)c1. The first kappa shape index (κ1) is 15.6. The molecule has 4 heteroatoms. The summed E-state index contributed by atoms with van der Waals surface area (Å²) >= 11 is 0. The van der Waals surface area contributed by atoms with E-state index in [0.717, 1.165) is 11.1 Å². The quantitative estimate of drug-likeness (QED) is 0.922. The van der Waals surface area contributed by atoms with Gasteiger partial charge < -0.3 is 10.1 Å². The minimum Gasteiger partial charge on any atom is -0.481 e. The zero-order valence-corrected chi connectivity index (χ0v) is 12.7. The Labute approximate surface area is 130 Å². The topological polar surface area (TPSA) is 62.1 Å². The molecule has 112 valence electrons. The third-order valence-electron chi connectivity index (χ3n) is 3.21. The second-order valence-electron chi connectivity index (χ2n) is 5.10. The lowest BCUT2D eigenvalue weighted by molar-refractivity contribution is -0.127. The lowest BCUT2D eigenvalue weighted by Gasteiger charge is -2.15. The van der Waals surface area contributed by atoms with Crippen molar-refractivity contribution in [1.29, 1.82) is 5.26 Å². The van der Waals surface area contributed by atoms with Crippen molar-refractivity contribution in [2.45, 2.75) is 26.5 Å². The number of hydrogen-bond acceptors (Lipinski definition) is 3. The number of aryl methyl sites for hydroxylation is 1. The Hall–Kier alpha value is -2.80. The minimum atomic E-state index is -0.599. The van der Waals surface area contributed by atoms with Crippen LogP contribution in [-0.4, -0.2) is 12.0 Å². The van der Waals surface area contributed by atoms with Crippen LogP contribution in [0.3, 0.4) is 0 Å². The molecule has 0 bridgehead atoms. The first-order valence-electron chi connectivity index (χ1n) is 7.08. The number of carbonyl (C=O) groups is 1. The Bertz CT molecular complexity index is 687. The summed E-state index contributed by atoms with van der Waals surface area (Å²) in [5, 5.41) is 11.6. The van der Waals surface area contributed by atoms with E-state index in [-0.39, 0.29) is 5.91 Å². The number of hydrogen-bond donors (Lipinski definition) is 1. The lowest BCUT2D eigenvalue weighted by Crippen LogP contribution is -2.35. The van der Waals surface area contributed by atoms with Crippen molar-refractivity contribution >= 4 is 5.91 Å². The maximum Gasteiger partial charge on any atom is 0.261 e. The van der Waals surface area contributed by atoms with E-state index >= 15 is 0 Å². The van der Waals surface area contributed by atoms with E-state index in [9.17, 15) is 4.79 Å². The molecule has 2 aromatic carbocycles. The molecule has 0 aliphatic carbocycles. The van der Waals surface area contributed by atoms with Crippen LogP contribution in [0.5, 0.6) is 5.75 Å². The first-order chi connectivity index (χ1) is 10.6. The Kier molecular flexibility index (Phi) is 5.16. The fourth-order valence-corrected chi connectivity index (χ4v) is 2.02. The van der Waals surface area contributed by atoms with E-state index in [0.29, 0.717) is 17.9 Å². The third kappa shape index (κ3) is 4.35. The van der Waals surface area contributed by atoms with Crippen LogP contribution in [0, 0.1) is 18.3 Å². The van der Waals surface area contributed by atoms with E-state index in [1.807, 2.05) is 37.3 Å². The highest BCUT2D eigenvalue weighted by molar-refractivity contribution is 5.80. The van der Waals surface area contributed by atoms with Crippen molar-refractivity contribution in [3.8, 4) is 11.8 Å². The fourth-order valence-electron chi connectivity index (χ4n) is 2.02. The highest BCUT2D eigenvalue weighted by atomic mass is 16.5. The van der Waals surface area contributed by atoms with E-state index in [2.05, 4.69) is 5.32 Å². The van der Waals surface area contributed by atoms with Gasteiger partial charge in [0, 0.05) is 6.54 Å². The summed E-state index contributed by atoms with van der Waals surface area (Å²) in [6, 6.07) is 16.7. The maximum atomic E-state index is 12.0. The molecule has 0 saturated carbocycles. The Morgan fingerprint density at radius 3 is 2.64 bits per heavy atom. The Morgan fingerprint density at radius 1 is 1.27 bits per heavy atom. The van der Waals surface area contributed by atoms with Crippen LogP contribution in [0.25, 0.3) is 0 Å². The van der Waals surface area contributed by atoms with Gasteiger partial charge in [0.1, 0.15) is 5.75 Å². The molecular weight excluding hydrogens is 276 g/mol. The van der Waals surface area contributed by atoms with Crippen LogP contribution < -0.4 is 10.1 Å². The summed E-state index contributed by atoms with van der Waals surface area (Å²) in [6.07, 6.45) is -0.599. The standard InChI is InChI=1S/C18H18N2O2/c1-13-4-3-5-16(10-13)12-20-18(21)14(2)22-17-8-6-15(11-19)7-9-17/h3-10,14H,12H2,1-2H3,(H,20,21). The van der Waals surface area contributed by atoms with Crippen LogP contribution >= 0.6 is 0 Å². The molecule has 0 spiro atoms. The normalized spacial score (nSPS) is 11.3. The molecule has 0 saturated heterocycles. The molecule has 2 rings (SSSR count). The Morgan fingerprint density at radius 2 is 2.00 bits per heavy atom. The fraction of sp³-hybridized carbons (Fsp3) is 0.222. The van der Waals surface area contributed by atoms with Gasteiger partial charge in [0.2, 0.25) is 0 Å². The molecule has 0 radical (unpaired) electrons. The molecule has 22 heavy (non-hydrogen) atoms. The molecule has 0 aliphatic rings. The van der Waals surface area contributed by atoms with Gasteiger partial charge in [-0.05, 0) is 43.7 Å². The zero-order chi connectivity index (χ0) is 15.9. The molecular formula is C18H18N2O2. The smallest absolute Gasteiger partial charge is 0.261 e. The van der Waals surface area contributed by atoms with Crippen LogP contribution in [-0.2, 0) is 11.3 Å². The summed E-state index contributed by atoms with van der Waals surface area (Å²) in [5.41, 5.74) is 2.77. The number of benzene rings is 2. The Balaban J connectivity index is 1.87. The van der Waals surface area contributed by atoms with E-state index in [1.54, 1.807) is 31.2 Å². The van der Waals surface area contributed by atoms with Crippen molar-refractivity contribution in [3.05, 3.63) is 65.2 Å². The summed E-state index contributed by atoms with van der Waals surface area (Å²) in [7, 11) is 0. The summed E-state index contributed by atoms with van der Waals surface area (Å²) in [6.45, 7) is 4.19. The molecule has 0 fully saturated rings. The summed E-state index contributed by atoms with van der Waals surface area (Å²) in [4.78, 5) is 12.0. The molecule has 0 heterocycles. The molecule has 4 nitrogen and oxygen atoms in total. The minimum absolute atomic E-state index is 0.175. The zero-order valence-electron chi connectivity index (χ0n) is 12.7. The molecule has 1 amide bonds. The van der Waals surface area contributed by atoms with Gasteiger partial charge in [0.05, 0.1) is 11.6 Å². The molecule has 0 aliphatic heterocycles. The van der Waals surface area contributed by atoms with Crippen LogP contribution in [0.15, 0.2) is 48.5 Å². The van der Waals surface area contributed by atoms with Crippen molar-refractivity contribution in [2.75, 3.05) is 0 Å². The molecule has 1 N–H and O–H groups in total. The second-order valence-corrected chi connectivity index (χ2v) is 5.10. The van der Waals surface area contributed by atoms with E-state index in [1.165, 1.54) is 0 Å². The third-order valence-corrected chi connectivity index (χ3v) is 3.21. The van der Waals surface area contributed by atoms with Gasteiger partial charge >= 0.3 is 0 Å². The highest BCUT2D eigenvalue weighted by Crippen LogP contribution is 2.13. The number of rotatable bonds is 5. The monoisotopic (exact) mass is 294 g/mol. The van der Waals surface area contributed by atoms with E-state index in [4.69, 9.17) is 10.00 Å². The number of amides is 1. The van der Waals surface area contributed by atoms with Crippen LogP contribution in [0.1, 0.15) is 23.6 Å². The highest BCUT2D eigenvalue weighted by Gasteiger charge is 2.14. The van der Waals surface area contributed by atoms with Gasteiger partial charge in [0.15, 0.2) is 6.10 Å². The number of carbonyl (C=O) groups excluding carboxylic acids is 1. The van der Waals surface area contributed by atoms with Gasteiger partial charge in [-0.25, -0.2) is 0 Å². The van der Waals surface area contributed by atoms with Gasteiger partial charge in [0.25, 0.3) is 5.91 Å². The predicted octanol–water partition coefficient (Wildman–Crippen LogP) is 2.95. The number of nitrogens with zero attached hydrogens (tertiary/aromatic N) is 1. The average Bonchev–Trinajstić information content (AvgIpc) is 2.53. The second kappa shape index (κ2) is 7.28. The number of nitriles is 1. The van der Waals surface area contributed by atoms with Gasteiger partial charge in [-0.2, -0.15) is 5.26 Å². The molecule has 1 atom stereocenters. The van der Waals surface area contributed by atoms with Crippen molar-refractivity contribution in [2.24, 2.45) is 0 Å². The van der Waals surface area contributed by atoms with Crippen molar-refractivity contribution in [1.82, 2.24) is 5.32 Å². The average molecular weight is 294 g/mol. The molecule has 0 aromatic heterocycles. The van der Waals surface area contributed by atoms with Crippen molar-refractivity contribution < 1.29 is 9.53 Å². The molecule has 2 aromatic rings. The maximum absolute atomic E-state index is 12.0. The number of nitrogens with one attached hydrogen (secondary N) is 1. The van der Waals surface area contributed by atoms with Gasteiger partial charge in [-0.3, -0.25) is 4.79 Å². The molecule has 1 unspecified atom stereocenters. The van der Waals surface area contributed by atoms with Crippen LogP contribution in [0.2, 0.25) is 0 Å². The van der Waals surface area contributed by atoms with E-state index < -0.39 is 6.10 Å². The predicted molar refractivity (Wildman–Crippen MR) is 84.3 cm³/mol. The summed E-state index contributed by atoms with van der Waals surface area (Å²) in [5.74, 6) is 0.392. The summed E-state index contributed by atoms with van der Waals surface area (Å²) < 4.78 is 5.57. The lowest BCUT2D eigenvalue weighted by atomic mass is 10.1. The van der Waals surface area contributed by atoms with Crippen molar-refractivity contribution in [3.63, 3.8) is 0 Å². The number of ether oxygens (including phenoxy) is 1. The largest absolute Gasteiger partial charge is 0.481 e.